The van der Waals surface area contributed by atoms with Crippen molar-refractivity contribution in [3.8, 4) is 5.75 Å². The van der Waals surface area contributed by atoms with Crippen molar-refractivity contribution in [2.75, 3.05) is 26.9 Å². The molecular formula is C14H23NO2. The summed E-state index contributed by atoms with van der Waals surface area (Å²) in [5, 5.41) is 3.44. The summed E-state index contributed by atoms with van der Waals surface area (Å²) >= 11 is 0. The number of benzene rings is 1. The zero-order valence-corrected chi connectivity index (χ0v) is 11.0. The Morgan fingerprint density at radius 3 is 2.88 bits per heavy atom. The van der Waals surface area contributed by atoms with E-state index >= 15 is 0 Å². The van der Waals surface area contributed by atoms with Gasteiger partial charge in [0.2, 0.25) is 0 Å². The van der Waals surface area contributed by atoms with E-state index in [2.05, 4.69) is 24.4 Å². The molecule has 0 aliphatic rings. The third kappa shape index (κ3) is 5.71. The van der Waals surface area contributed by atoms with Crippen molar-refractivity contribution < 1.29 is 9.47 Å². The van der Waals surface area contributed by atoms with E-state index in [9.17, 15) is 0 Å². The summed E-state index contributed by atoms with van der Waals surface area (Å²) in [6.07, 6.45) is 1.01. The van der Waals surface area contributed by atoms with Gasteiger partial charge in [-0.2, -0.15) is 0 Å². The third-order valence-corrected chi connectivity index (χ3v) is 2.61. The molecule has 0 saturated carbocycles. The average molecular weight is 237 g/mol. The first-order valence-electron chi connectivity index (χ1n) is 6.20. The summed E-state index contributed by atoms with van der Waals surface area (Å²) in [5.41, 5.74) is 1.29. The summed E-state index contributed by atoms with van der Waals surface area (Å²) in [5.74, 6) is 0.921. The zero-order chi connectivity index (χ0) is 12.5. The SMILES string of the molecule is CCOCC(C)NCCc1cccc(OC)c1. The van der Waals surface area contributed by atoms with Crippen molar-refractivity contribution in [1.29, 1.82) is 0 Å². The first-order valence-corrected chi connectivity index (χ1v) is 6.20. The number of hydrogen-bond donors (Lipinski definition) is 1. The van der Waals surface area contributed by atoms with E-state index in [1.807, 2.05) is 19.1 Å². The molecule has 0 bridgehead atoms. The van der Waals surface area contributed by atoms with E-state index in [-0.39, 0.29) is 0 Å². The maximum Gasteiger partial charge on any atom is 0.119 e. The Hall–Kier alpha value is -1.06. The topological polar surface area (TPSA) is 30.5 Å². The van der Waals surface area contributed by atoms with Crippen LogP contribution in [0.1, 0.15) is 19.4 Å². The van der Waals surface area contributed by atoms with Crippen molar-refractivity contribution in [3.05, 3.63) is 29.8 Å². The number of nitrogens with one attached hydrogen (secondary N) is 1. The highest BCUT2D eigenvalue weighted by Gasteiger charge is 2.01. The second-order valence-corrected chi connectivity index (χ2v) is 4.12. The second-order valence-electron chi connectivity index (χ2n) is 4.12. The summed E-state index contributed by atoms with van der Waals surface area (Å²) in [6, 6.07) is 8.60. The molecule has 0 aliphatic carbocycles. The quantitative estimate of drug-likeness (QED) is 0.752. The maximum atomic E-state index is 5.35. The molecule has 1 aromatic rings. The van der Waals surface area contributed by atoms with Gasteiger partial charge in [0.05, 0.1) is 13.7 Å². The smallest absolute Gasteiger partial charge is 0.119 e. The zero-order valence-electron chi connectivity index (χ0n) is 11.0. The van der Waals surface area contributed by atoms with Crippen molar-refractivity contribution in [1.82, 2.24) is 5.32 Å². The van der Waals surface area contributed by atoms with E-state index in [0.29, 0.717) is 6.04 Å². The van der Waals surface area contributed by atoms with E-state index in [1.165, 1.54) is 5.56 Å². The maximum absolute atomic E-state index is 5.35. The molecule has 1 aromatic carbocycles. The van der Waals surface area contributed by atoms with Crippen LogP contribution < -0.4 is 10.1 Å². The van der Waals surface area contributed by atoms with Crippen LogP contribution in [0.25, 0.3) is 0 Å². The molecule has 1 N–H and O–H groups in total. The number of hydrogen-bond acceptors (Lipinski definition) is 3. The highest BCUT2D eigenvalue weighted by Crippen LogP contribution is 2.12. The Morgan fingerprint density at radius 1 is 1.35 bits per heavy atom. The van der Waals surface area contributed by atoms with Gasteiger partial charge in [0.15, 0.2) is 0 Å². The first-order chi connectivity index (χ1) is 8.26. The fourth-order valence-electron chi connectivity index (χ4n) is 1.64. The van der Waals surface area contributed by atoms with Crippen LogP contribution in [-0.2, 0) is 11.2 Å². The molecule has 1 unspecified atom stereocenters. The Kier molecular flexibility index (Phi) is 6.67. The van der Waals surface area contributed by atoms with E-state index in [1.54, 1.807) is 7.11 Å². The molecule has 0 aliphatic heterocycles. The lowest BCUT2D eigenvalue weighted by Gasteiger charge is -2.13. The third-order valence-electron chi connectivity index (χ3n) is 2.61. The molecule has 17 heavy (non-hydrogen) atoms. The Balaban J connectivity index is 2.25. The highest BCUT2D eigenvalue weighted by atomic mass is 16.5. The summed E-state index contributed by atoms with van der Waals surface area (Å²) in [7, 11) is 1.70. The van der Waals surface area contributed by atoms with Gasteiger partial charge in [-0.05, 0) is 44.5 Å². The predicted molar refractivity (Wildman–Crippen MR) is 70.7 cm³/mol. The van der Waals surface area contributed by atoms with Crippen LogP contribution in [0.3, 0.4) is 0 Å². The van der Waals surface area contributed by atoms with Crippen LogP contribution in [0.4, 0.5) is 0 Å². The van der Waals surface area contributed by atoms with Crippen LogP contribution in [-0.4, -0.2) is 32.9 Å². The second kappa shape index (κ2) is 8.09. The molecule has 0 fully saturated rings. The average Bonchev–Trinajstić information content (AvgIpc) is 2.36. The molecule has 1 rings (SSSR count). The minimum atomic E-state index is 0.403. The lowest BCUT2D eigenvalue weighted by Crippen LogP contribution is -2.32. The molecular weight excluding hydrogens is 214 g/mol. The van der Waals surface area contributed by atoms with Crippen molar-refractivity contribution >= 4 is 0 Å². The lowest BCUT2D eigenvalue weighted by atomic mass is 10.1. The fraction of sp³-hybridized carbons (Fsp3) is 0.571. The Bertz CT molecular complexity index is 315. The normalized spacial score (nSPS) is 12.4. The van der Waals surface area contributed by atoms with Crippen molar-refractivity contribution in [3.63, 3.8) is 0 Å². The number of rotatable bonds is 8. The summed E-state index contributed by atoms with van der Waals surface area (Å²) < 4.78 is 10.5. The summed E-state index contributed by atoms with van der Waals surface area (Å²) in [4.78, 5) is 0. The van der Waals surface area contributed by atoms with Gasteiger partial charge < -0.3 is 14.8 Å². The van der Waals surface area contributed by atoms with Crippen LogP contribution >= 0.6 is 0 Å². The molecule has 0 aromatic heterocycles. The van der Waals surface area contributed by atoms with Gasteiger partial charge in [0.25, 0.3) is 0 Å². The van der Waals surface area contributed by atoms with Crippen molar-refractivity contribution in [2.24, 2.45) is 0 Å². The predicted octanol–water partition coefficient (Wildman–Crippen LogP) is 2.25. The largest absolute Gasteiger partial charge is 0.497 e. The van der Waals surface area contributed by atoms with Crippen LogP contribution in [0.15, 0.2) is 24.3 Å². The molecule has 1 atom stereocenters. The van der Waals surface area contributed by atoms with Gasteiger partial charge in [0.1, 0.15) is 5.75 Å². The lowest BCUT2D eigenvalue weighted by molar-refractivity contribution is 0.127. The summed E-state index contributed by atoms with van der Waals surface area (Å²) in [6.45, 7) is 6.67. The Morgan fingerprint density at radius 2 is 2.18 bits per heavy atom. The minimum absolute atomic E-state index is 0.403. The molecule has 0 radical (unpaired) electrons. The fourth-order valence-corrected chi connectivity index (χ4v) is 1.64. The standard InChI is InChI=1S/C14H23NO2/c1-4-17-11-12(2)15-9-8-13-6-5-7-14(10-13)16-3/h5-7,10,12,15H,4,8-9,11H2,1-3H3. The monoisotopic (exact) mass is 237 g/mol. The molecule has 0 saturated heterocycles. The molecule has 0 heterocycles. The van der Waals surface area contributed by atoms with Crippen LogP contribution in [0, 0.1) is 0 Å². The highest BCUT2D eigenvalue weighted by molar-refractivity contribution is 5.28. The molecule has 0 spiro atoms. The van der Waals surface area contributed by atoms with Gasteiger partial charge in [-0.1, -0.05) is 12.1 Å². The molecule has 96 valence electrons. The molecule has 3 nitrogen and oxygen atoms in total. The van der Waals surface area contributed by atoms with Crippen LogP contribution in [0.2, 0.25) is 0 Å². The first kappa shape index (κ1) is 14.0. The Labute approximate surface area is 104 Å². The number of methoxy groups -OCH3 is 1. The molecule has 0 amide bonds. The van der Waals surface area contributed by atoms with Crippen molar-refractivity contribution in [2.45, 2.75) is 26.3 Å². The van der Waals surface area contributed by atoms with Gasteiger partial charge in [-0.15, -0.1) is 0 Å². The van der Waals surface area contributed by atoms with E-state index in [4.69, 9.17) is 9.47 Å². The number of ether oxygens (including phenoxy) is 2. The van der Waals surface area contributed by atoms with Gasteiger partial charge in [-0.3, -0.25) is 0 Å². The van der Waals surface area contributed by atoms with Crippen LogP contribution in [0.5, 0.6) is 5.75 Å². The van der Waals surface area contributed by atoms with E-state index in [0.717, 1.165) is 31.9 Å². The van der Waals surface area contributed by atoms with Gasteiger partial charge >= 0.3 is 0 Å². The minimum Gasteiger partial charge on any atom is -0.497 e. The molecule has 3 heteroatoms. The van der Waals surface area contributed by atoms with Gasteiger partial charge in [-0.25, -0.2) is 0 Å². The van der Waals surface area contributed by atoms with E-state index < -0.39 is 0 Å². The van der Waals surface area contributed by atoms with Gasteiger partial charge in [0, 0.05) is 12.6 Å².